The van der Waals surface area contributed by atoms with E-state index in [0.29, 0.717) is 5.82 Å². The van der Waals surface area contributed by atoms with Crippen LogP contribution in [-0.2, 0) is 0 Å². The molecular formula is C45H29N5. The average molecular weight is 640 g/mol. The third-order valence-electron chi connectivity index (χ3n) is 9.61. The third-order valence-corrected chi connectivity index (χ3v) is 9.61. The summed E-state index contributed by atoms with van der Waals surface area (Å²) in [5.74, 6) is 1.54. The maximum atomic E-state index is 5.08. The lowest BCUT2D eigenvalue weighted by atomic mass is 10.1. The van der Waals surface area contributed by atoms with Crippen molar-refractivity contribution in [2.75, 3.05) is 0 Å². The third kappa shape index (κ3) is 4.52. The van der Waals surface area contributed by atoms with Crippen LogP contribution in [0.3, 0.4) is 0 Å². The maximum Gasteiger partial charge on any atom is 0.160 e. The number of pyridine rings is 1. The smallest absolute Gasteiger partial charge is 0.160 e. The summed E-state index contributed by atoms with van der Waals surface area (Å²) in [7, 11) is 0. The Morgan fingerprint density at radius 2 is 0.820 bits per heavy atom. The second-order valence-electron chi connectivity index (χ2n) is 12.5. The number of hydrogen-bond donors (Lipinski definition) is 0. The highest BCUT2D eigenvalue weighted by atomic mass is 15.1. The Balaban J connectivity index is 1.07. The minimum atomic E-state index is 0.677. The fourth-order valence-electron chi connectivity index (χ4n) is 7.28. The first-order chi connectivity index (χ1) is 24.8. The summed E-state index contributed by atoms with van der Waals surface area (Å²) in [5, 5.41) is 4.92. The van der Waals surface area contributed by atoms with Gasteiger partial charge in [-0.1, -0.05) is 115 Å². The van der Waals surface area contributed by atoms with Crippen molar-refractivity contribution in [1.82, 2.24) is 24.1 Å². The number of benzene rings is 6. The van der Waals surface area contributed by atoms with Crippen molar-refractivity contribution in [2.45, 2.75) is 0 Å². The zero-order chi connectivity index (χ0) is 33.0. The molecule has 0 N–H and O–H groups in total. The number of para-hydroxylation sites is 4. The van der Waals surface area contributed by atoms with E-state index in [2.05, 4.69) is 161 Å². The maximum absolute atomic E-state index is 5.08. The van der Waals surface area contributed by atoms with Crippen molar-refractivity contribution < 1.29 is 0 Å². The highest BCUT2D eigenvalue weighted by molar-refractivity contribution is 6.10. The summed E-state index contributed by atoms with van der Waals surface area (Å²) < 4.78 is 4.56. The molecule has 0 fully saturated rings. The first kappa shape index (κ1) is 28.2. The van der Waals surface area contributed by atoms with Crippen LogP contribution in [-0.4, -0.2) is 24.1 Å². The van der Waals surface area contributed by atoms with Gasteiger partial charge in [-0.3, -0.25) is 4.57 Å². The van der Waals surface area contributed by atoms with Crippen LogP contribution in [0.4, 0.5) is 0 Å². The normalized spacial score (nSPS) is 11.6. The van der Waals surface area contributed by atoms with E-state index in [1.165, 1.54) is 32.6 Å². The van der Waals surface area contributed by atoms with Crippen LogP contribution >= 0.6 is 0 Å². The average Bonchev–Trinajstić information content (AvgIpc) is 3.71. The standard InChI is InChI=1S/C45H29N5/c1-2-12-31(13-3-1)45-47-38(30-22-25-33(26-23-30)49-40-18-8-4-14-34(40)35-15-5-9-19-41(35)49)28-39(48-45)32-24-27-44(46-29-32)50-42-20-10-6-16-36(42)37-17-7-11-21-43(37)50/h1-29H. The number of rotatable bonds is 5. The van der Waals surface area contributed by atoms with Gasteiger partial charge in [0.25, 0.3) is 0 Å². The minimum absolute atomic E-state index is 0.677. The quantitative estimate of drug-likeness (QED) is 0.188. The Kier molecular flexibility index (Phi) is 6.42. The Morgan fingerprint density at radius 1 is 0.360 bits per heavy atom. The van der Waals surface area contributed by atoms with Crippen LogP contribution in [0.5, 0.6) is 0 Å². The van der Waals surface area contributed by atoms with E-state index in [9.17, 15) is 0 Å². The molecule has 234 valence electrons. The molecule has 5 nitrogen and oxygen atoms in total. The monoisotopic (exact) mass is 639 g/mol. The van der Waals surface area contributed by atoms with Gasteiger partial charge in [0.05, 0.1) is 33.5 Å². The zero-order valence-electron chi connectivity index (χ0n) is 27.0. The topological polar surface area (TPSA) is 48.5 Å². The summed E-state index contributed by atoms with van der Waals surface area (Å²) in [6, 6.07) is 59.3. The van der Waals surface area contributed by atoms with Crippen LogP contribution in [0.15, 0.2) is 176 Å². The molecule has 5 heteroatoms. The molecule has 10 rings (SSSR count). The molecule has 0 aliphatic carbocycles. The summed E-state index contributed by atoms with van der Waals surface area (Å²) in [6.07, 6.45) is 1.92. The van der Waals surface area contributed by atoms with Crippen molar-refractivity contribution >= 4 is 43.6 Å². The number of aromatic nitrogens is 5. The second kappa shape index (κ2) is 11.4. The van der Waals surface area contributed by atoms with Crippen molar-refractivity contribution in [3.8, 4) is 45.4 Å². The molecule has 0 aliphatic rings. The number of hydrogen-bond acceptors (Lipinski definition) is 3. The summed E-state index contributed by atoms with van der Waals surface area (Å²) >= 11 is 0. The van der Waals surface area contributed by atoms with Crippen LogP contribution in [0.25, 0.3) is 89.0 Å². The molecular weight excluding hydrogens is 611 g/mol. The minimum Gasteiger partial charge on any atom is -0.309 e. The van der Waals surface area contributed by atoms with Gasteiger partial charge in [-0.25, -0.2) is 15.0 Å². The highest BCUT2D eigenvalue weighted by Gasteiger charge is 2.16. The van der Waals surface area contributed by atoms with Crippen LogP contribution in [0, 0.1) is 0 Å². The SMILES string of the molecule is c1ccc(-c2nc(-c3ccc(-n4c5ccccc5c5ccccc54)cc3)cc(-c3ccc(-n4c5ccccc5c5ccccc54)nc3)n2)cc1. The number of fused-ring (bicyclic) bond motifs is 6. The summed E-state index contributed by atoms with van der Waals surface area (Å²) in [6.45, 7) is 0. The van der Waals surface area contributed by atoms with Gasteiger partial charge in [0.2, 0.25) is 0 Å². The molecule has 4 aromatic heterocycles. The van der Waals surface area contributed by atoms with Crippen molar-refractivity contribution in [1.29, 1.82) is 0 Å². The molecule has 0 saturated heterocycles. The molecule has 10 aromatic rings. The van der Waals surface area contributed by atoms with Gasteiger partial charge in [-0.15, -0.1) is 0 Å². The Hall–Kier alpha value is -6.85. The molecule has 50 heavy (non-hydrogen) atoms. The molecule has 0 unspecified atom stereocenters. The molecule has 4 heterocycles. The summed E-state index contributed by atoms with van der Waals surface area (Å²) in [4.78, 5) is 15.1. The Bertz CT molecular complexity index is 2560. The van der Waals surface area contributed by atoms with Crippen molar-refractivity contribution in [3.63, 3.8) is 0 Å². The van der Waals surface area contributed by atoms with E-state index in [-0.39, 0.29) is 0 Å². The Morgan fingerprint density at radius 3 is 1.34 bits per heavy atom. The number of nitrogens with zero attached hydrogens (tertiary/aromatic N) is 5. The lowest BCUT2D eigenvalue weighted by Crippen LogP contribution is -1.99. The van der Waals surface area contributed by atoms with Gasteiger partial charge in [0.15, 0.2) is 5.82 Å². The van der Waals surface area contributed by atoms with E-state index < -0.39 is 0 Å². The van der Waals surface area contributed by atoms with Crippen LogP contribution in [0.2, 0.25) is 0 Å². The lowest BCUT2D eigenvalue weighted by Gasteiger charge is -2.12. The van der Waals surface area contributed by atoms with E-state index in [1.807, 2.05) is 24.4 Å². The van der Waals surface area contributed by atoms with Gasteiger partial charge < -0.3 is 4.57 Å². The van der Waals surface area contributed by atoms with Crippen LogP contribution in [0.1, 0.15) is 0 Å². The van der Waals surface area contributed by atoms with E-state index in [1.54, 1.807) is 0 Å². The van der Waals surface area contributed by atoms with Gasteiger partial charge in [0, 0.05) is 50.1 Å². The second-order valence-corrected chi connectivity index (χ2v) is 12.5. The van der Waals surface area contributed by atoms with Gasteiger partial charge in [-0.05, 0) is 54.6 Å². The largest absolute Gasteiger partial charge is 0.309 e. The van der Waals surface area contributed by atoms with Gasteiger partial charge in [-0.2, -0.15) is 0 Å². The van der Waals surface area contributed by atoms with E-state index >= 15 is 0 Å². The zero-order valence-corrected chi connectivity index (χ0v) is 27.0. The molecule has 0 bridgehead atoms. The fraction of sp³-hybridized carbons (Fsp3) is 0. The van der Waals surface area contributed by atoms with Crippen LogP contribution < -0.4 is 0 Å². The molecule has 6 aromatic carbocycles. The first-order valence-corrected chi connectivity index (χ1v) is 16.8. The van der Waals surface area contributed by atoms with Crippen molar-refractivity contribution in [2.24, 2.45) is 0 Å². The van der Waals surface area contributed by atoms with Gasteiger partial charge in [0.1, 0.15) is 5.82 Å². The van der Waals surface area contributed by atoms with Crippen molar-refractivity contribution in [3.05, 3.63) is 176 Å². The predicted molar refractivity (Wildman–Crippen MR) is 205 cm³/mol. The summed E-state index contributed by atoms with van der Waals surface area (Å²) in [5.41, 5.74) is 10.3. The Labute approximate surface area is 288 Å². The highest BCUT2D eigenvalue weighted by Crippen LogP contribution is 2.35. The molecule has 0 atom stereocenters. The van der Waals surface area contributed by atoms with E-state index in [4.69, 9.17) is 15.0 Å². The first-order valence-electron chi connectivity index (χ1n) is 16.8. The molecule has 0 spiro atoms. The molecule has 0 radical (unpaired) electrons. The molecule has 0 aliphatic heterocycles. The van der Waals surface area contributed by atoms with Gasteiger partial charge >= 0.3 is 0 Å². The molecule has 0 saturated carbocycles. The predicted octanol–water partition coefficient (Wildman–Crippen LogP) is 11.1. The van der Waals surface area contributed by atoms with E-state index in [0.717, 1.165) is 50.6 Å². The molecule has 0 amide bonds. The lowest BCUT2D eigenvalue weighted by molar-refractivity contribution is 1.08. The fourth-order valence-corrected chi connectivity index (χ4v) is 7.28.